The molecular formula is C24H36F2N2O5S2Si. The van der Waals surface area contributed by atoms with E-state index in [9.17, 15) is 22.0 Å². The van der Waals surface area contributed by atoms with Gasteiger partial charge in [0.1, 0.15) is 16.4 Å². The lowest BCUT2D eigenvalue weighted by Crippen LogP contribution is -2.47. The number of amides is 1. The Morgan fingerprint density at radius 2 is 1.92 bits per heavy atom. The number of aliphatic imine (C=N–C) groups is 1. The molecule has 1 aliphatic heterocycles. The van der Waals surface area contributed by atoms with Gasteiger partial charge in [0.05, 0.1) is 5.54 Å². The highest BCUT2D eigenvalue weighted by Crippen LogP contribution is 2.68. The highest BCUT2D eigenvalue weighted by Gasteiger charge is 2.73. The van der Waals surface area contributed by atoms with Gasteiger partial charge in [-0.15, -0.1) is 0 Å². The fourth-order valence-electron chi connectivity index (χ4n) is 4.20. The zero-order valence-corrected chi connectivity index (χ0v) is 24.8. The Labute approximate surface area is 217 Å². The van der Waals surface area contributed by atoms with Crippen molar-refractivity contribution in [3.05, 3.63) is 35.4 Å². The molecule has 1 aliphatic carbocycles. The lowest BCUT2D eigenvalue weighted by Gasteiger charge is -2.37. The molecule has 202 valence electrons. The normalized spacial score (nSPS) is 26.2. The number of carbonyl (C=O) groups excluding carboxylic acids is 1. The van der Waals surface area contributed by atoms with Crippen LogP contribution in [0.15, 0.2) is 23.2 Å². The Morgan fingerprint density at radius 1 is 1.28 bits per heavy atom. The van der Waals surface area contributed by atoms with Crippen LogP contribution in [-0.4, -0.2) is 61.9 Å². The van der Waals surface area contributed by atoms with Gasteiger partial charge in [-0.2, -0.15) is 0 Å². The van der Waals surface area contributed by atoms with Gasteiger partial charge in [0.2, 0.25) is 0 Å². The van der Waals surface area contributed by atoms with Crippen LogP contribution >= 0.6 is 11.8 Å². The predicted molar refractivity (Wildman–Crippen MR) is 141 cm³/mol. The van der Waals surface area contributed by atoms with Gasteiger partial charge >= 0.3 is 6.09 Å². The molecule has 1 amide bonds. The summed E-state index contributed by atoms with van der Waals surface area (Å²) in [4.78, 5) is 19.1. The molecule has 0 aromatic heterocycles. The molecule has 0 saturated heterocycles. The van der Waals surface area contributed by atoms with Crippen molar-refractivity contribution in [3.63, 3.8) is 0 Å². The molecule has 0 unspecified atom stereocenters. The van der Waals surface area contributed by atoms with Crippen LogP contribution in [0.3, 0.4) is 0 Å². The molecule has 0 bridgehead atoms. The zero-order valence-electron chi connectivity index (χ0n) is 22.1. The molecule has 3 rings (SSSR count). The molecule has 0 radical (unpaired) electrons. The first-order chi connectivity index (χ1) is 16.3. The van der Waals surface area contributed by atoms with Crippen LogP contribution in [0.25, 0.3) is 0 Å². The summed E-state index contributed by atoms with van der Waals surface area (Å²) in [6.45, 7) is 13.5. The number of benzene rings is 1. The first-order valence-electron chi connectivity index (χ1n) is 11.8. The number of halogens is 2. The second kappa shape index (κ2) is 9.67. The van der Waals surface area contributed by atoms with E-state index in [4.69, 9.17) is 14.5 Å². The third-order valence-corrected chi connectivity index (χ3v) is 12.2. The Hall–Kier alpha value is -1.50. The van der Waals surface area contributed by atoms with Gasteiger partial charge in [0.15, 0.2) is 26.6 Å². The quantitative estimate of drug-likeness (QED) is 0.245. The minimum atomic E-state index is -3.67. The Bertz CT molecular complexity index is 1170. The molecule has 1 aromatic carbocycles. The van der Waals surface area contributed by atoms with Crippen LogP contribution in [0.2, 0.25) is 25.7 Å². The number of thioether (sulfide) groups is 1. The summed E-state index contributed by atoms with van der Waals surface area (Å²) in [6.07, 6.45) is 0.550. The molecule has 0 N–H and O–H groups in total. The molecule has 36 heavy (non-hydrogen) atoms. The van der Waals surface area contributed by atoms with Gasteiger partial charge in [0.25, 0.3) is 0 Å². The van der Waals surface area contributed by atoms with E-state index < -0.39 is 56.8 Å². The molecule has 0 spiro atoms. The number of hydrogen-bond acceptors (Lipinski definition) is 7. The van der Waals surface area contributed by atoms with Crippen molar-refractivity contribution in [1.29, 1.82) is 0 Å². The number of sulfone groups is 1. The highest BCUT2D eigenvalue weighted by atomic mass is 32.3. The first kappa shape index (κ1) is 29.1. The standard InChI is InChI=1S/C24H36F2N2O5S2Si/c1-22(2,3)33-21(29)28(15-32-12-13-36(6,7)8)20-27-23(4,16-10-9-11-17(25)19(16)26)18-14-24(18,34-20)35(5,30)31/h9-11,18H,12-15H2,1-8H3/t18-,23+,24+/m0/s1. The van der Waals surface area contributed by atoms with E-state index >= 15 is 0 Å². The van der Waals surface area contributed by atoms with Crippen molar-refractivity contribution in [1.82, 2.24) is 4.90 Å². The maximum Gasteiger partial charge on any atom is 0.418 e. The van der Waals surface area contributed by atoms with Crippen LogP contribution in [0.5, 0.6) is 0 Å². The van der Waals surface area contributed by atoms with Crippen molar-refractivity contribution >= 4 is 40.9 Å². The third kappa shape index (κ3) is 5.97. The summed E-state index contributed by atoms with van der Waals surface area (Å²) in [7, 11) is -5.08. The average Bonchev–Trinajstić information content (AvgIpc) is 3.45. The maximum absolute atomic E-state index is 15.0. The largest absolute Gasteiger partial charge is 0.443 e. The number of carbonyl (C=O) groups is 1. The Morgan fingerprint density at radius 3 is 2.47 bits per heavy atom. The number of nitrogens with zero attached hydrogens (tertiary/aromatic N) is 2. The summed E-state index contributed by atoms with van der Waals surface area (Å²) in [5.41, 5.74) is -2.31. The minimum Gasteiger partial charge on any atom is -0.443 e. The molecule has 1 heterocycles. The third-order valence-electron chi connectivity index (χ3n) is 6.32. The van der Waals surface area contributed by atoms with Gasteiger partial charge in [0, 0.05) is 32.4 Å². The molecule has 1 fully saturated rings. The number of ether oxygens (including phenoxy) is 2. The van der Waals surface area contributed by atoms with Gasteiger partial charge in [-0.1, -0.05) is 43.5 Å². The fraction of sp³-hybridized carbons (Fsp3) is 0.667. The average molecular weight is 563 g/mol. The second-order valence-corrected chi connectivity index (χ2v) is 21.3. The Balaban J connectivity index is 2.07. The van der Waals surface area contributed by atoms with Crippen molar-refractivity contribution < 1.29 is 31.5 Å². The van der Waals surface area contributed by atoms with Crippen molar-refractivity contribution in [3.8, 4) is 0 Å². The van der Waals surface area contributed by atoms with Gasteiger partial charge in [-0.25, -0.2) is 26.9 Å². The summed E-state index contributed by atoms with van der Waals surface area (Å²) in [5, 5.41) is 0.0441. The van der Waals surface area contributed by atoms with E-state index in [0.29, 0.717) is 6.61 Å². The lowest BCUT2D eigenvalue weighted by atomic mass is 9.87. The Kier molecular flexibility index (Phi) is 7.80. The first-order valence-corrected chi connectivity index (χ1v) is 18.2. The maximum atomic E-state index is 15.0. The molecule has 1 aromatic rings. The van der Waals surface area contributed by atoms with Crippen LogP contribution in [0.1, 0.15) is 39.7 Å². The van der Waals surface area contributed by atoms with E-state index in [-0.39, 0.29) is 23.9 Å². The van der Waals surface area contributed by atoms with Gasteiger partial charge in [-0.05, 0) is 46.2 Å². The molecular weight excluding hydrogens is 526 g/mol. The number of amidine groups is 1. The number of rotatable bonds is 7. The lowest BCUT2D eigenvalue weighted by molar-refractivity contribution is 0.0110. The van der Waals surface area contributed by atoms with Gasteiger partial charge < -0.3 is 9.47 Å². The van der Waals surface area contributed by atoms with Crippen LogP contribution < -0.4 is 0 Å². The summed E-state index contributed by atoms with van der Waals surface area (Å²) < 4.78 is 65.2. The summed E-state index contributed by atoms with van der Waals surface area (Å²) in [5.74, 6) is -2.73. The van der Waals surface area contributed by atoms with Gasteiger partial charge in [-0.3, -0.25) is 4.99 Å². The van der Waals surface area contributed by atoms with Crippen molar-refractivity contribution in [2.45, 2.75) is 75.0 Å². The number of fused-ring (bicyclic) bond motifs is 1. The number of hydrogen-bond donors (Lipinski definition) is 0. The van der Waals surface area contributed by atoms with E-state index in [1.165, 1.54) is 12.1 Å². The van der Waals surface area contributed by atoms with Crippen molar-refractivity contribution in [2.75, 3.05) is 19.6 Å². The van der Waals surface area contributed by atoms with E-state index in [2.05, 4.69) is 19.6 Å². The minimum absolute atomic E-state index is 0.0441. The van der Waals surface area contributed by atoms with Crippen LogP contribution in [0.4, 0.5) is 13.6 Å². The summed E-state index contributed by atoms with van der Waals surface area (Å²) >= 11 is 0.947. The predicted octanol–water partition coefficient (Wildman–Crippen LogP) is 5.59. The van der Waals surface area contributed by atoms with Crippen LogP contribution in [0, 0.1) is 17.6 Å². The zero-order chi connectivity index (χ0) is 27.3. The smallest absolute Gasteiger partial charge is 0.418 e. The molecule has 7 nitrogen and oxygen atoms in total. The SMILES string of the molecule is CC(C)(C)OC(=O)N(COCC[Si](C)(C)C)C1=N[C@](C)(c2cccc(F)c2F)[C@@H]2C[C@]2(S(C)(=O)=O)S1. The van der Waals surface area contributed by atoms with E-state index in [0.717, 1.165) is 35.0 Å². The fourth-order valence-corrected chi connectivity index (χ4v) is 8.41. The molecule has 1 saturated carbocycles. The monoisotopic (exact) mass is 562 g/mol. The second-order valence-electron chi connectivity index (χ2n) is 11.8. The molecule has 3 atom stereocenters. The van der Waals surface area contributed by atoms with Crippen molar-refractivity contribution in [2.24, 2.45) is 10.9 Å². The van der Waals surface area contributed by atoms with Crippen LogP contribution in [-0.2, 0) is 24.8 Å². The molecule has 12 heteroatoms. The van der Waals surface area contributed by atoms with E-state index in [1.54, 1.807) is 27.7 Å². The topological polar surface area (TPSA) is 85.3 Å². The van der Waals surface area contributed by atoms with E-state index in [1.807, 2.05) is 0 Å². The summed E-state index contributed by atoms with van der Waals surface area (Å²) in [6, 6.07) is 4.63. The molecule has 2 aliphatic rings. The highest BCUT2D eigenvalue weighted by molar-refractivity contribution is 8.24.